The summed E-state index contributed by atoms with van der Waals surface area (Å²) in [4.78, 5) is 12.7. The number of methoxy groups -OCH3 is 2. The lowest BCUT2D eigenvalue weighted by atomic mass is 10.0. The maximum Gasteiger partial charge on any atom is 0.251 e. The summed E-state index contributed by atoms with van der Waals surface area (Å²) in [6, 6.07) is 9.37. The zero-order chi connectivity index (χ0) is 25.9. The third-order valence-electron chi connectivity index (χ3n) is 6.54. The number of nitrogens with zero attached hydrogens (tertiary/aromatic N) is 2. The first-order chi connectivity index (χ1) is 17.2. The highest BCUT2D eigenvalue weighted by Crippen LogP contribution is 2.33. The molecule has 1 fully saturated rings. The number of hydrogen-bond acceptors (Lipinski definition) is 7. The molecule has 0 unspecified atom stereocenters. The van der Waals surface area contributed by atoms with Crippen molar-refractivity contribution in [1.29, 1.82) is 0 Å². The fourth-order valence-corrected chi connectivity index (χ4v) is 7.32. The van der Waals surface area contributed by atoms with Gasteiger partial charge in [0.05, 0.1) is 24.9 Å². The highest BCUT2D eigenvalue weighted by molar-refractivity contribution is 7.89. The molecule has 2 aromatic rings. The molecule has 0 aliphatic carbocycles. The molecule has 196 valence electrons. The van der Waals surface area contributed by atoms with Crippen LogP contribution in [0.2, 0.25) is 0 Å². The highest BCUT2D eigenvalue weighted by atomic mass is 32.2. The lowest BCUT2D eigenvalue weighted by Gasteiger charge is -2.29. The molecule has 0 radical (unpaired) electrons. The third-order valence-corrected chi connectivity index (χ3v) is 10.3. The minimum atomic E-state index is -3.61. The van der Waals surface area contributed by atoms with Gasteiger partial charge in [-0.2, -0.15) is 8.61 Å². The van der Waals surface area contributed by atoms with Crippen molar-refractivity contribution in [2.75, 3.05) is 46.2 Å². The number of rotatable bonds is 9. The summed E-state index contributed by atoms with van der Waals surface area (Å²) in [6.07, 6.45) is 2.24. The Bertz CT molecular complexity index is 1320. The zero-order valence-electron chi connectivity index (χ0n) is 20.4. The summed E-state index contributed by atoms with van der Waals surface area (Å²) in [5, 5.41) is 2.62. The number of hydrogen-bond donors (Lipinski definition) is 1. The van der Waals surface area contributed by atoms with Gasteiger partial charge in [-0.25, -0.2) is 16.8 Å². The van der Waals surface area contributed by atoms with Crippen LogP contribution in [-0.2, 0) is 33.0 Å². The van der Waals surface area contributed by atoms with E-state index in [1.165, 1.54) is 40.0 Å². The van der Waals surface area contributed by atoms with Gasteiger partial charge in [-0.05, 0) is 66.8 Å². The summed E-state index contributed by atoms with van der Waals surface area (Å²) in [5.41, 5.74) is 2.14. The molecule has 0 atom stereocenters. The van der Waals surface area contributed by atoms with E-state index < -0.39 is 26.0 Å². The number of amides is 1. The van der Waals surface area contributed by atoms with Crippen LogP contribution in [0.3, 0.4) is 0 Å². The van der Waals surface area contributed by atoms with Crippen molar-refractivity contribution < 1.29 is 31.1 Å². The molecule has 1 amide bonds. The van der Waals surface area contributed by atoms with Crippen molar-refractivity contribution >= 4 is 26.0 Å². The van der Waals surface area contributed by atoms with Crippen LogP contribution < -0.4 is 14.8 Å². The summed E-state index contributed by atoms with van der Waals surface area (Å²) < 4.78 is 64.6. The Kier molecular flexibility index (Phi) is 7.88. The Morgan fingerprint density at radius 3 is 2.11 bits per heavy atom. The number of ether oxygens (including phenoxy) is 2. The minimum absolute atomic E-state index is 0.0652. The summed E-state index contributed by atoms with van der Waals surface area (Å²) in [6.45, 7) is 1.50. The number of nitrogens with one attached hydrogen (secondary N) is 1. The standard InChI is InChI=1S/C24H31N3O7S2/c1-33-22-15-19-9-13-27(17-20(19)16-23(22)34-2)35(29,30)14-10-25-24(28)18-5-7-21(8-6-18)36(31,32)26-11-3-4-12-26/h5-8,15-16H,3-4,9-14,17H2,1-2H3,(H,25,28). The van der Waals surface area contributed by atoms with Crippen LogP contribution in [0, 0.1) is 0 Å². The van der Waals surface area contributed by atoms with Crippen LogP contribution in [0.4, 0.5) is 0 Å². The molecule has 2 aliphatic heterocycles. The van der Waals surface area contributed by atoms with Crippen molar-refractivity contribution in [3.8, 4) is 11.5 Å². The molecule has 0 aromatic heterocycles. The Hall–Kier alpha value is -2.67. The summed E-state index contributed by atoms with van der Waals surface area (Å²) in [5.74, 6) is 0.443. The van der Waals surface area contributed by atoms with E-state index in [2.05, 4.69) is 5.32 Å². The normalized spacial score (nSPS) is 16.9. The molecule has 0 spiro atoms. The average molecular weight is 538 g/mol. The summed E-state index contributed by atoms with van der Waals surface area (Å²) >= 11 is 0. The fraction of sp³-hybridized carbons (Fsp3) is 0.458. The first-order valence-electron chi connectivity index (χ1n) is 11.8. The van der Waals surface area contributed by atoms with Crippen molar-refractivity contribution in [3.05, 3.63) is 53.1 Å². The Balaban J connectivity index is 1.34. The molecular weight excluding hydrogens is 506 g/mol. The van der Waals surface area contributed by atoms with Crippen molar-refractivity contribution in [2.24, 2.45) is 0 Å². The number of benzene rings is 2. The van der Waals surface area contributed by atoms with E-state index in [9.17, 15) is 21.6 Å². The number of sulfonamides is 2. The topological polar surface area (TPSA) is 122 Å². The molecule has 12 heteroatoms. The number of fused-ring (bicyclic) bond motifs is 1. The maximum absolute atomic E-state index is 12.9. The van der Waals surface area contributed by atoms with Crippen LogP contribution in [0.1, 0.15) is 34.3 Å². The van der Waals surface area contributed by atoms with Crippen molar-refractivity contribution in [3.63, 3.8) is 0 Å². The van der Waals surface area contributed by atoms with E-state index in [0.29, 0.717) is 37.6 Å². The molecule has 4 rings (SSSR count). The molecule has 1 saturated heterocycles. The van der Waals surface area contributed by atoms with Gasteiger partial charge in [-0.3, -0.25) is 4.79 Å². The van der Waals surface area contributed by atoms with Gasteiger partial charge >= 0.3 is 0 Å². The minimum Gasteiger partial charge on any atom is -0.493 e. The molecule has 0 saturated carbocycles. The SMILES string of the molecule is COc1cc2c(cc1OC)CN(S(=O)(=O)CCNC(=O)c1ccc(S(=O)(=O)N3CCCC3)cc1)CC2. The van der Waals surface area contributed by atoms with Gasteiger partial charge in [-0.1, -0.05) is 0 Å². The second kappa shape index (κ2) is 10.8. The van der Waals surface area contributed by atoms with Crippen LogP contribution in [0.15, 0.2) is 41.3 Å². The summed E-state index contributed by atoms with van der Waals surface area (Å²) in [7, 11) is -4.08. The van der Waals surface area contributed by atoms with E-state index in [4.69, 9.17) is 9.47 Å². The fourth-order valence-electron chi connectivity index (χ4n) is 4.48. The Morgan fingerprint density at radius 2 is 1.50 bits per heavy atom. The van der Waals surface area contributed by atoms with Crippen LogP contribution in [0.25, 0.3) is 0 Å². The third kappa shape index (κ3) is 5.51. The first-order valence-corrected chi connectivity index (χ1v) is 14.8. The Labute approximate surface area is 212 Å². The van der Waals surface area contributed by atoms with Gasteiger partial charge in [0.1, 0.15) is 0 Å². The Morgan fingerprint density at radius 1 is 0.889 bits per heavy atom. The molecular formula is C24H31N3O7S2. The highest BCUT2D eigenvalue weighted by Gasteiger charge is 2.29. The van der Waals surface area contributed by atoms with Gasteiger partial charge in [0.2, 0.25) is 20.0 Å². The largest absolute Gasteiger partial charge is 0.493 e. The van der Waals surface area contributed by atoms with Crippen molar-refractivity contribution in [2.45, 2.75) is 30.7 Å². The monoisotopic (exact) mass is 537 g/mol. The molecule has 10 nitrogen and oxygen atoms in total. The van der Waals surface area contributed by atoms with Gasteiger partial charge in [0.25, 0.3) is 5.91 Å². The van der Waals surface area contributed by atoms with Gasteiger partial charge in [0, 0.05) is 38.3 Å². The second-order valence-electron chi connectivity index (χ2n) is 8.77. The second-order valence-corrected chi connectivity index (χ2v) is 12.8. The average Bonchev–Trinajstić information content (AvgIpc) is 3.43. The smallest absolute Gasteiger partial charge is 0.251 e. The maximum atomic E-state index is 12.9. The van der Waals surface area contributed by atoms with Gasteiger partial charge in [0.15, 0.2) is 11.5 Å². The molecule has 36 heavy (non-hydrogen) atoms. The lowest BCUT2D eigenvalue weighted by molar-refractivity contribution is 0.0956. The van der Waals surface area contributed by atoms with Gasteiger partial charge < -0.3 is 14.8 Å². The van der Waals surface area contributed by atoms with Crippen molar-refractivity contribution in [1.82, 2.24) is 13.9 Å². The molecule has 1 N–H and O–H groups in total. The lowest BCUT2D eigenvalue weighted by Crippen LogP contribution is -2.40. The quantitative estimate of drug-likeness (QED) is 0.516. The number of carbonyl (C=O) groups excluding carboxylic acids is 1. The molecule has 2 heterocycles. The van der Waals surface area contributed by atoms with Crippen LogP contribution in [-0.4, -0.2) is 77.5 Å². The molecule has 0 bridgehead atoms. The first kappa shape index (κ1) is 26.4. The number of carbonyl (C=O) groups is 1. The van der Waals surface area contributed by atoms with Crippen LogP contribution in [0.5, 0.6) is 11.5 Å². The van der Waals surface area contributed by atoms with E-state index >= 15 is 0 Å². The van der Waals surface area contributed by atoms with Crippen LogP contribution >= 0.6 is 0 Å². The molecule has 2 aromatic carbocycles. The van der Waals surface area contributed by atoms with E-state index in [1.54, 1.807) is 13.2 Å². The predicted molar refractivity (Wildman–Crippen MR) is 134 cm³/mol. The predicted octanol–water partition coefficient (Wildman–Crippen LogP) is 1.61. The van der Waals surface area contributed by atoms with E-state index in [-0.39, 0.29) is 29.3 Å². The van der Waals surface area contributed by atoms with E-state index in [0.717, 1.165) is 24.0 Å². The van der Waals surface area contributed by atoms with E-state index in [1.807, 2.05) is 6.07 Å². The molecule has 2 aliphatic rings. The van der Waals surface area contributed by atoms with Gasteiger partial charge in [-0.15, -0.1) is 0 Å². The zero-order valence-corrected chi connectivity index (χ0v) is 22.0.